The molecule has 1 aromatic carbocycles. The van der Waals surface area contributed by atoms with Crippen molar-refractivity contribution in [1.29, 1.82) is 0 Å². The molecule has 8 heteroatoms. The molecule has 0 aliphatic carbocycles. The molecular weight excluding hydrogens is 315 g/mol. The first-order valence-corrected chi connectivity index (χ1v) is 7.04. The fraction of sp³-hybridized carbons (Fsp3) is 0.308. The average Bonchev–Trinajstić information content (AvgIpc) is 2.48. The van der Waals surface area contributed by atoms with E-state index < -0.39 is 0 Å². The van der Waals surface area contributed by atoms with E-state index in [0.717, 1.165) is 13.0 Å². The molecule has 0 saturated carbocycles. The van der Waals surface area contributed by atoms with Gasteiger partial charge >= 0.3 is 12.0 Å². The molecule has 1 N–H and O–H groups in total. The van der Waals surface area contributed by atoms with Crippen LogP contribution in [0.25, 0.3) is 0 Å². The van der Waals surface area contributed by atoms with Crippen molar-refractivity contribution in [1.82, 2.24) is 15.0 Å². The molecular formula is C13H14Cl2N4O2. The molecule has 21 heavy (non-hydrogen) atoms. The summed E-state index contributed by atoms with van der Waals surface area (Å²) in [4.78, 5) is 12.2. The molecule has 0 saturated heterocycles. The van der Waals surface area contributed by atoms with Crippen molar-refractivity contribution >= 4 is 29.2 Å². The molecule has 0 radical (unpaired) electrons. The number of ether oxygens (including phenoxy) is 2. The van der Waals surface area contributed by atoms with Crippen molar-refractivity contribution < 1.29 is 9.47 Å². The second-order valence-corrected chi connectivity index (χ2v) is 4.88. The molecule has 112 valence electrons. The molecule has 1 aromatic heterocycles. The van der Waals surface area contributed by atoms with Crippen molar-refractivity contribution in [2.45, 2.75) is 13.3 Å². The summed E-state index contributed by atoms with van der Waals surface area (Å²) >= 11 is 11.9. The Morgan fingerprint density at radius 3 is 2.57 bits per heavy atom. The number of methoxy groups -OCH3 is 1. The lowest BCUT2D eigenvalue weighted by Gasteiger charge is -2.09. The van der Waals surface area contributed by atoms with Crippen LogP contribution >= 0.6 is 23.2 Å². The van der Waals surface area contributed by atoms with Crippen LogP contribution in [0.3, 0.4) is 0 Å². The van der Waals surface area contributed by atoms with Crippen LogP contribution in [0.1, 0.15) is 13.3 Å². The van der Waals surface area contributed by atoms with Gasteiger partial charge in [-0.2, -0.15) is 9.97 Å². The Morgan fingerprint density at radius 1 is 1.14 bits per heavy atom. The van der Waals surface area contributed by atoms with Gasteiger partial charge in [0, 0.05) is 11.6 Å². The highest BCUT2D eigenvalue weighted by atomic mass is 35.5. The van der Waals surface area contributed by atoms with Crippen molar-refractivity contribution in [2.75, 3.05) is 19.0 Å². The largest absolute Gasteiger partial charge is 0.467 e. The Balaban J connectivity index is 2.25. The Bertz CT molecular complexity index is 625. The standard InChI is InChI=1S/C13H14Cl2N4O2/c1-3-6-16-11-17-12(20-2)19-13(18-11)21-10-5-4-8(14)7-9(10)15/h4-5,7H,3,6H2,1-2H3,(H,16,17,18,19). The second kappa shape index (κ2) is 7.28. The summed E-state index contributed by atoms with van der Waals surface area (Å²) < 4.78 is 10.6. The molecule has 2 aromatic rings. The quantitative estimate of drug-likeness (QED) is 0.869. The monoisotopic (exact) mass is 328 g/mol. The number of hydrogen-bond acceptors (Lipinski definition) is 6. The first kappa shape index (κ1) is 15.6. The van der Waals surface area contributed by atoms with E-state index in [4.69, 9.17) is 32.7 Å². The van der Waals surface area contributed by atoms with Crippen molar-refractivity contribution in [3.63, 3.8) is 0 Å². The number of benzene rings is 1. The fourth-order valence-electron chi connectivity index (χ4n) is 1.45. The molecule has 0 atom stereocenters. The lowest BCUT2D eigenvalue weighted by atomic mass is 10.3. The van der Waals surface area contributed by atoms with Crippen molar-refractivity contribution in [2.24, 2.45) is 0 Å². The lowest BCUT2D eigenvalue weighted by Crippen LogP contribution is -2.07. The zero-order valence-corrected chi connectivity index (χ0v) is 13.1. The Labute approximate surface area is 132 Å². The molecule has 2 rings (SSSR count). The predicted molar refractivity (Wildman–Crippen MR) is 81.7 cm³/mol. The van der Waals surface area contributed by atoms with Crippen molar-refractivity contribution in [3.05, 3.63) is 28.2 Å². The summed E-state index contributed by atoms with van der Waals surface area (Å²) in [6.45, 7) is 2.77. The SMILES string of the molecule is CCCNc1nc(OC)nc(Oc2ccc(Cl)cc2Cl)n1. The maximum absolute atomic E-state index is 6.05. The molecule has 0 spiro atoms. The van der Waals surface area contributed by atoms with Gasteiger partial charge in [-0.1, -0.05) is 30.1 Å². The van der Waals surface area contributed by atoms with E-state index in [1.54, 1.807) is 18.2 Å². The van der Waals surface area contributed by atoms with Gasteiger partial charge in [-0.25, -0.2) is 0 Å². The van der Waals surface area contributed by atoms with Crippen LogP contribution in [0.4, 0.5) is 5.95 Å². The minimum atomic E-state index is 0.0877. The summed E-state index contributed by atoms with van der Waals surface area (Å²) in [5.41, 5.74) is 0. The summed E-state index contributed by atoms with van der Waals surface area (Å²) in [5, 5.41) is 3.93. The summed E-state index contributed by atoms with van der Waals surface area (Å²) in [5.74, 6) is 0.777. The maximum atomic E-state index is 6.05. The number of aromatic nitrogens is 3. The van der Waals surface area contributed by atoms with Crippen LogP contribution in [0.5, 0.6) is 17.8 Å². The molecule has 6 nitrogen and oxygen atoms in total. The minimum Gasteiger partial charge on any atom is -0.467 e. The van der Waals surface area contributed by atoms with E-state index in [1.165, 1.54) is 7.11 Å². The van der Waals surface area contributed by atoms with Gasteiger partial charge in [-0.3, -0.25) is 0 Å². The van der Waals surface area contributed by atoms with Crippen LogP contribution in [-0.4, -0.2) is 28.6 Å². The Kier molecular flexibility index (Phi) is 5.41. The van der Waals surface area contributed by atoms with Crippen LogP contribution in [0, 0.1) is 0 Å². The minimum absolute atomic E-state index is 0.0877. The van der Waals surface area contributed by atoms with Gasteiger partial charge in [-0.05, 0) is 24.6 Å². The highest BCUT2D eigenvalue weighted by Gasteiger charge is 2.11. The maximum Gasteiger partial charge on any atom is 0.330 e. The number of anilines is 1. The van der Waals surface area contributed by atoms with Gasteiger partial charge in [-0.15, -0.1) is 4.98 Å². The summed E-state index contributed by atoms with van der Waals surface area (Å²) in [6.07, 6.45) is 0.938. The smallest absolute Gasteiger partial charge is 0.330 e. The number of hydrogen-bond donors (Lipinski definition) is 1. The number of rotatable bonds is 6. The van der Waals surface area contributed by atoms with Gasteiger partial charge < -0.3 is 14.8 Å². The first-order chi connectivity index (χ1) is 10.1. The van der Waals surface area contributed by atoms with E-state index in [2.05, 4.69) is 20.3 Å². The van der Waals surface area contributed by atoms with Gasteiger partial charge in [0.2, 0.25) is 5.95 Å². The third-order valence-electron chi connectivity index (χ3n) is 2.41. The number of nitrogens with zero attached hydrogens (tertiary/aromatic N) is 3. The number of halogens is 2. The molecule has 1 heterocycles. The molecule has 0 fully saturated rings. The molecule has 0 bridgehead atoms. The van der Waals surface area contributed by atoms with E-state index in [0.29, 0.717) is 21.7 Å². The highest BCUT2D eigenvalue weighted by molar-refractivity contribution is 6.35. The van der Waals surface area contributed by atoms with Gasteiger partial charge in [0.25, 0.3) is 0 Å². The normalized spacial score (nSPS) is 10.3. The van der Waals surface area contributed by atoms with Crippen LogP contribution in [0.15, 0.2) is 18.2 Å². The third kappa shape index (κ3) is 4.34. The zero-order valence-electron chi connectivity index (χ0n) is 11.6. The lowest BCUT2D eigenvalue weighted by molar-refractivity contribution is 0.360. The first-order valence-electron chi connectivity index (χ1n) is 6.29. The van der Waals surface area contributed by atoms with Crippen molar-refractivity contribution in [3.8, 4) is 17.8 Å². The zero-order chi connectivity index (χ0) is 15.2. The van der Waals surface area contributed by atoms with Gasteiger partial charge in [0.15, 0.2) is 0 Å². The number of nitrogens with one attached hydrogen (secondary N) is 1. The molecule has 0 amide bonds. The average molecular weight is 329 g/mol. The third-order valence-corrected chi connectivity index (χ3v) is 2.94. The second-order valence-electron chi connectivity index (χ2n) is 4.03. The van der Waals surface area contributed by atoms with E-state index in [9.17, 15) is 0 Å². The van der Waals surface area contributed by atoms with Crippen LogP contribution in [0.2, 0.25) is 10.0 Å². The van der Waals surface area contributed by atoms with E-state index >= 15 is 0 Å². The summed E-state index contributed by atoms with van der Waals surface area (Å²) in [6, 6.07) is 5.12. The molecule has 0 aliphatic rings. The molecule has 0 unspecified atom stereocenters. The van der Waals surface area contributed by atoms with E-state index in [1.807, 2.05) is 6.92 Å². The molecule has 0 aliphatic heterocycles. The van der Waals surface area contributed by atoms with Gasteiger partial charge in [0.05, 0.1) is 12.1 Å². The predicted octanol–water partition coefficient (Wildman–Crippen LogP) is 3.80. The Morgan fingerprint density at radius 2 is 1.90 bits per heavy atom. The topological polar surface area (TPSA) is 69.2 Å². The van der Waals surface area contributed by atoms with Gasteiger partial charge in [0.1, 0.15) is 5.75 Å². The summed E-state index contributed by atoms with van der Waals surface area (Å²) in [7, 11) is 1.47. The Hall–Kier alpha value is -1.79. The highest BCUT2D eigenvalue weighted by Crippen LogP contribution is 2.30. The van der Waals surface area contributed by atoms with Crippen LogP contribution in [-0.2, 0) is 0 Å². The van der Waals surface area contributed by atoms with Crippen LogP contribution < -0.4 is 14.8 Å². The fourth-order valence-corrected chi connectivity index (χ4v) is 1.89. The van der Waals surface area contributed by atoms with E-state index in [-0.39, 0.29) is 12.0 Å².